The minimum atomic E-state index is -0.586. The molecular weight excluding hydrogens is 430 g/mol. The first kappa shape index (κ1) is 22.3. The maximum absolute atomic E-state index is 12.7. The van der Waals surface area contributed by atoms with E-state index in [0.29, 0.717) is 21.3 Å². The number of halogens is 1. The molecule has 1 aliphatic heterocycles. The van der Waals surface area contributed by atoms with Gasteiger partial charge in [0, 0.05) is 24.1 Å². The fraction of sp³-hybridized carbons (Fsp3) is 0.500. The lowest BCUT2D eigenvalue weighted by Gasteiger charge is -2.26. The highest BCUT2D eigenvalue weighted by Gasteiger charge is 2.45. The number of amides is 2. The molecule has 1 saturated carbocycles. The van der Waals surface area contributed by atoms with Crippen LogP contribution in [0.5, 0.6) is 0 Å². The van der Waals surface area contributed by atoms with Crippen molar-refractivity contribution >= 4 is 34.8 Å². The molecule has 2 heterocycles. The number of hydrogen-bond donors (Lipinski definition) is 2. The Kier molecular flexibility index (Phi) is 6.42. The maximum atomic E-state index is 12.7. The van der Waals surface area contributed by atoms with Crippen molar-refractivity contribution in [3.8, 4) is 0 Å². The average molecular weight is 460 g/mol. The summed E-state index contributed by atoms with van der Waals surface area (Å²) in [7, 11) is 0. The van der Waals surface area contributed by atoms with Gasteiger partial charge in [-0.05, 0) is 82.4 Å². The Balaban J connectivity index is 1.30. The fourth-order valence-corrected chi connectivity index (χ4v) is 5.22. The molecule has 31 heavy (non-hydrogen) atoms. The molecule has 0 bridgehead atoms. The van der Waals surface area contributed by atoms with E-state index in [1.807, 2.05) is 26.0 Å². The Hall–Kier alpha value is -1.89. The Morgan fingerprint density at radius 2 is 1.74 bits per heavy atom. The van der Waals surface area contributed by atoms with E-state index in [2.05, 4.69) is 27.7 Å². The van der Waals surface area contributed by atoms with E-state index in [4.69, 9.17) is 11.6 Å². The third kappa shape index (κ3) is 5.48. The first-order valence-electron chi connectivity index (χ1n) is 11.0. The molecule has 1 aromatic carbocycles. The lowest BCUT2D eigenvalue weighted by Crippen LogP contribution is -2.51. The Morgan fingerprint density at radius 3 is 2.32 bits per heavy atom. The van der Waals surface area contributed by atoms with Gasteiger partial charge in [0.25, 0.3) is 11.8 Å². The van der Waals surface area contributed by atoms with Gasteiger partial charge < -0.3 is 15.5 Å². The second-order valence-electron chi connectivity index (χ2n) is 9.47. The molecule has 166 valence electrons. The van der Waals surface area contributed by atoms with E-state index >= 15 is 0 Å². The standard InChI is InChI=1S/C24H30ClN3O2S/c1-23(2,27-22(30)19-9-10-20(25)31-19)15-26-21(29)17-5-7-18(8-6-17)24(11-12-24)16-28-13-3-4-14-28/h5-10H,3-4,11-16H2,1-2H3,(H,26,29)(H,27,30). The minimum absolute atomic E-state index is 0.127. The first-order valence-corrected chi connectivity index (χ1v) is 12.1. The topological polar surface area (TPSA) is 61.4 Å². The normalized spacial score (nSPS) is 18.0. The van der Waals surface area contributed by atoms with E-state index in [9.17, 15) is 9.59 Å². The van der Waals surface area contributed by atoms with Crippen LogP contribution in [0.3, 0.4) is 0 Å². The smallest absolute Gasteiger partial charge is 0.261 e. The summed E-state index contributed by atoms with van der Waals surface area (Å²) >= 11 is 7.15. The molecule has 2 amide bonds. The number of carbonyl (C=O) groups is 2. The zero-order valence-electron chi connectivity index (χ0n) is 18.2. The molecule has 2 N–H and O–H groups in total. The van der Waals surface area contributed by atoms with Crippen molar-refractivity contribution in [1.29, 1.82) is 0 Å². The highest BCUT2D eigenvalue weighted by atomic mass is 35.5. The molecule has 2 fully saturated rings. The van der Waals surface area contributed by atoms with E-state index in [1.54, 1.807) is 12.1 Å². The van der Waals surface area contributed by atoms with Gasteiger partial charge in [-0.15, -0.1) is 11.3 Å². The van der Waals surface area contributed by atoms with Crippen molar-refractivity contribution < 1.29 is 9.59 Å². The third-order valence-electron chi connectivity index (χ3n) is 6.28. The van der Waals surface area contributed by atoms with Crippen LogP contribution >= 0.6 is 22.9 Å². The minimum Gasteiger partial charge on any atom is -0.350 e. The maximum Gasteiger partial charge on any atom is 0.261 e. The molecular formula is C24H30ClN3O2S. The summed E-state index contributed by atoms with van der Waals surface area (Å²) in [6.45, 7) is 7.68. The van der Waals surface area contributed by atoms with Crippen LogP contribution in [0.2, 0.25) is 4.34 Å². The molecule has 4 rings (SSSR count). The van der Waals surface area contributed by atoms with E-state index in [-0.39, 0.29) is 17.2 Å². The molecule has 7 heteroatoms. The van der Waals surface area contributed by atoms with Crippen LogP contribution in [-0.4, -0.2) is 48.4 Å². The summed E-state index contributed by atoms with van der Waals surface area (Å²) in [4.78, 5) is 28.2. The largest absolute Gasteiger partial charge is 0.350 e. The number of benzene rings is 1. The van der Waals surface area contributed by atoms with Gasteiger partial charge in [0.05, 0.1) is 14.8 Å². The third-order valence-corrected chi connectivity index (χ3v) is 7.51. The number of carbonyl (C=O) groups excluding carboxylic acids is 2. The number of thiophene rings is 1. The zero-order valence-corrected chi connectivity index (χ0v) is 19.7. The van der Waals surface area contributed by atoms with E-state index in [1.165, 1.54) is 55.7 Å². The molecule has 5 nitrogen and oxygen atoms in total. The Bertz CT molecular complexity index is 944. The summed E-state index contributed by atoms with van der Waals surface area (Å²) in [5.74, 6) is -0.314. The fourth-order valence-electron chi connectivity index (χ4n) is 4.29. The van der Waals surface area contributed by atoms with Crippen molar-refractivity contribution in [2.75, 3.05) is 26.2 Å². The zero-order chi connectivity index (χ0) is 22.1. The molecule has 1 aromatic heterocycles. The molecule has 0 radical (unpaired) electrons. The van der Waals surface area contributed by atoms with Gasteiger partial charge in [-0.25, -0.2) is 0 Å². The van der Waals surface area contributed by atoms with Crippen LogP contribution in [0, 0.1) is 0 Å². The van der Waals surface area contributed by atoms with Gasteiger partial charge in [0.2, 0.25) is 0 Å². The van der Waals surface area contributed by atoms with E-state index < -0.39 is 5.54 Å². The monoisotopic (exact) mass is 459 g/mol. The van der Waals surface area contributed by atoms with Crippen molar-refractivity contribution in [2.45, 2.75) is 50.5 Å². The molecule has 0 spiro atoms. The van der Waals surface area contributed by atoms with Crippen molar-refractivity contribution in [1.82, 2.24) is 15.5 Å². The molecule has 1 aliphatic carbocycles. The number of hydrogen-bond acceptors (Lipinski definition) is 4. The second-order valence-corrected chi connectivity index (χ2v) is 11.2. The molecule has 0 unspecified atom stereocenters. The lowest BCUT2D eigenvalue weighted by atomic mass is 9.94. The lowest BCUT2D eigenvalue weighted by molar-refractivity contribution is 0.0884. The number of likely N-dealkylation sites (tertiary alicyclic amines) is 1. The van der Waals surface area contributed by atoms with Crippen molar-refractivity contribution in [2.24, 2.45) is 0 Å². The quantitative estimate of drug-likeness (QED) is 0.612. The van der Waals surface area contributed by atoms with Gasteiger partial charge in [-0.2, -0.15) is 0 Å². The molecule has 2 aromatic rings. The predicted octanol–water partition coefficient (Wildman–Crippen LogP) is 4.47. The van der Waals surface area contributed by atoms with E-state index in [0.717, 1.165) is 6.54 Å². The van der Waals surface area contributed by atoms with Gasteiger partial charge >= 0.3 is 0 Å². The summed E-state index contributed by atoms with van der Waals surface area (Å²) in [6, 6.07) is 11.5. The Labute approximate surface area is 193 Å². The van der Waals surface area contributed by atoms with Gasteiger partial charge in [-0.1, -0.05) is 23.7 Å². The molecule has 0 atom stereocenters. The van der Waals surface area contributed by atoms with Crippen molar-refractivity contribution in [3.05, 3.63) is 56.7 Å². The average Bonchev–Trinajstić information content (AvgIpc) is 3.11. The van der Waals surface area contributed by atoms with Crippen LogP contribution in [0.15, 0.2) is 36.4 Å². The van der Waals surface area contributed by atoms with Crippen LogP contribution < -0.4 is 10.6 Å². The summed E-state index contributed by atoms with van der Waals surface area (Å²) < 4.78 is 0.577. The molecule has 1 saturated heterocycles. The highest BCUT2D eigenvalue weighted by Crippen LogP contribution is 2.49. The number of nitrogens with one attached hydrogen (secondary N) is 2. The summed E-state index contributed by atoms with van der Waals surface area (Å²) in [5, 5.41) is 5.91. The van der Waals surface area contributed by atoms with Gasteiger partial charge in [0.1, 0.15) is 0 Å². The molecule has 2 aliphatic rings. The second kappa shape index (κ2) is 8.93. The first-order chi connectivity index (χ1) is 14.8. The van der Waals surface area contributed by atoms with Crippen LogP contribution in [-0.2, 0) is 5.41 Å². The van der Waals surface area contributed by atoms with Gasteiger partial charge in [0.15, 0.2) is 0 Å². The summed E-state index contributed by atoms with van der Waals surface area (Å²) in [5.41, 5.74) is 1.69. The summed E-state index contributed by atoms with van der Waals surface area (Å²) in [6.07, 6.45) is 5.09. The number of rotatable bonds is 8. The van der Waals surface area contributed by atoms with Crippen LogP contribution in [0.25, 0.3) is 0 Å². The van der Waals surface area contributed by atoms with Crippen LogP contribution in [0.1, 0.15) is 65.1 Å². The SMILES string of the molecule is CC(C)(CNC(=O)c1ccc(C2(CN3CCCC3)CC2)cc1)NC(=O)c1ccc(Cl)s1. The predicted molar refractivity (Wildman–Crippen MR) is 126 cm³/mol. The number of nitrogens with zero attached hydrogens (tertiary/aromatic N) is 1. The van der Waals surface area contributed by atoms with Gasteiger partial charge in [-0.3, -0.25) is 9.59 Å². The highest BCUT2D eigenvalue weighted by molar-refractivity contribution is 7.18. The van der Waals surface area contributed by atoms with Crippen molar-refractivity contribution in [3.63, 3.8) is 0 Å². The Morgan fingerprint density at radius 1 is 1.06 bits per heavy atom. The van der Waals surface area contributed by atoms with Crippen LogP contribution in [0.4, 0.5) is 0 Å².